The predicted octanol–water partition coefficient (Wildman–Crippen LogP) is 7.00. The van der Waals surface area contributed by atoms with E-state index < -0.39 is 0 Å². The third-order valence-electron chi connectivity index (χ3n) is 5.91. The Morgan fingerprint density at radius 3 is 2.32 bits per heavy atom. The summed E-state index contributed by atoms with van der Waals surface area (Å²) in [7, 11) is 0. The van der Waals surface area contributed by atoms with Crippen LogP contribution in [0.5, 0.6) is 11.5 Å². The summed E-state index contributed by atoms with van der Waals surface area (Å²) < 4.78 is 14.0. The summed E-state index contributed by atoms with van der Waals surface area (Å²) in [5.41, 5.74) is 5.94. The predicted molar refractivity (Wildman–Crippen MR) is 157 cm³/mol. The molecule has 37 heavy (non-hydrogen) atoms. The average molecular weight is 515 g/mol. The number of unbranched alkanes of at least 4 members (excludes halogenated alkanes) is 3. The highest BCUT2D eigenvalue weighted by atomic mass is 32.1. The first-order valence-corrected chi connectivity index (χ1v) is 13.2. The zero-order chi connectivity index (χ0) is 25.7. The van der Waals surface area contributed by atoms with Gasteiger partial charge in [0, 0.05) is 28.4 Å². The van der Waals surface area contributed by atoms with E-state index in [9.17, 15) is 0 Å². The van der Waals surface area contributed by atoms with Crippen LogP contribution in [0.4, 0.5) is 5.69 Å². The molecule has 0 aliphatic heterocycles. The summed E-state index contributed by atoms with van der Waals surface area (Å²) in [6.07, 6.45) is 8.68. The fraction of sp³-hybridized carbons (Fsp3) is 0.267. The number of fused-ring (bicyclic) bond motifs is 1. The summed E-state index contributed by atoms with van der Waals surface area (Å²) in [4.78, 5) is 0. The summed E-state index contributed by atoms with van der Waals surface area (Å²) in [6, 6.07) is 25.9. The van der Waals surface area contributed by atoms with Crippen LogP contribution in [0.2, 0.25) is 0 Å². The number of para-hydroxylation sites is 2. The van der Waals surface area contributed by atoms with Gasteiger partial charge in [0.15, 0.2) is 5.11 Å². The number of benzene rings is 3. The van der Waals surface area contributed by atoms with Gasteiger partial charge in [0.25, 0.3) is 0 Å². The first-order valence-electron chi connectivity index (χ1n) is 12.8. The van der Waals surface area contributed by atoms with Crippen molar-refractivity contribution in [2.24, 2.45) is 5.10 Å². The molecule has 1 aromatic heterocycles. The maximum atomic E-state index is 6.00. The number of ether oxygens (including phenoxy) is 2. The Morgan fingerprint density at radius 1 is 0.865 bits per heavy atom. The first-order chi connectivity index (χ1) is 18.2. The molecule has 0 bridgehead atoms. The van der Waals surface area contributed by atoms with Crippen molar-refractivity contribution in [2.45, 2.75) is 39.2 Å². The summed E-state index contributed by atoms with van der Waals surface area (Å²) in [5, 5.41) is 9.01. The van der Waals surface area contributed by atoms with E-state index in [1.807, 2.05) is 66.7 Å². The SMILES string of the molecule is CCCCCCOc1ccc(OCCn2cc(/C=N\NC(=S)Nc3ccccc3)c3ccccc32)cc1. The molecule has 2 N–H and O–H groups in total. The minimum absolute atomic E-state index is 0.437. The zero-order valence-corrected chi connectivity index (χ0v) is 22.0. The minimum Gasteiger partial charge on any atom is -0.494 e. The van der Waals surface area contributed by atoms with Crippen LogP contribution in [0.1, 0.15) is 38.2 Å². The third kappa shape index (κ3) is 8.08. The number of nitrogens with one attached hydrogen (secondary N) is 2. The van der Waals surface area contributed by atoms with E-state index in [1.165, 1.54) is 19.3 Å². The molecule has 4 aromatic rings. The molecule has 0 atom stereocenters. The van der Waals surface area contributed by atoms with Crippen LogP contribution in [0.25, 0.3) is 10.9 Å². The smallest absolute Gasteiger partial charge is 0.191 e. The van der Waals surface area contributed by atoms with Crippen LogP contribution in [0, 0.1) is 0 Å². The number of hydrogen-bond acceptors (Lipinski definition) is 4. The normalized spacial score (nSPS) is 11.1. The summed E-state index contributed by atoms with van der Waals surface area (Å²) in [5.74, 6) is 1.72. The van der Waals surface area contributed by atoms with Gasteiger partial charge in [-0.05, 0) is 61.1 Å². The molecule has 4 rings (SSSR count). The molecule has 0 spiro atoms. The van der Waals surface area contributed by atoms with Gasteiger partial charge in [-0.15, -0.1) is 0 Å². The molecule has 0 fully saturated rings. The van der Waals surface area contributed by atoms with Crippen molar-refractivity contribution >= 4 is 40.1 Å². The van der Waals surface area contributed by atoms with Crippen LogP contribution >= 0.6 is 12.2 Å². The Kier molecular flexibility index (Phi) is 9.95. The monoisotopic (exact) mass is 514 g/mol. The fourth-order valence-electron chi connectivity index (χ4n) is 4.02. The second-order valence-corrected chi connectivity index (χ2v) is 9.12. The number of anilines is 1. The van der Waals surface area contributed by atoms with Crippen molar-refractivity contribution in [2.75, 3.05) is 18.5 Å². The van der Waals surface area contributed by atoms with Gasteiger partial charge < -0.3 is 19.4 Å². The lowest BCUT2D eigenvalue weighted by Gasteiger charge is -2.10. The molecule has 3 aromatic carbocycles. The number of hydrogen-bond donors (Lipinski definition) is 2. The maximum absolute atomic E-state index is 6.00. The van der Waals surface area contributed by atoms with Gasteiger partial charge in [-0.25, -0.2) is 0 Å². The lowest BCUT2D eigenvalue weighted by Crippen LogP contribution is -2.23. The molecule has 0 amide bonds. The van der Waals surface area contributed by atoms with Gasteiger partial charge >= 0.3 is 0 Å². The van der Waals surface area contributed by atoms with Crippen LogP contribution in [0.3, 0.4) is 0 Å². The van der Waals surface area contributed by atoms with Crippen molar-refractivity contribution in [1.29, 1.82) is 0 Å². The average Bonchev–Trinajstić information content (AvgIpc) is 3.27. The molecular formula is C30H34N4O2S. The Hall–Kier alpha value is -3.84. The molecule has 6 nitrogen and oxygen atoms in total. The number of hydrazone groups is 1. The first kappa shape index (κ1) is 26.2. The van der Waals surface area contributed by atoms with E-state index in [0.717, 1.165) is 46.7 Å². The number of thiocarbonyl (C=S) groups is 1. The Labute approximate surface area is 224 Å². The zero-order valence-electron chi connectivity index (χ0n) is 21.2. The van der Waals surface area contributed by atoms with Crippen molar-refractivity contribution < 1.29 is 9.47 Å². The Bertz CT molecular complexity index is 1290. The fourth-order valence-corrected chi connectivity index (χ4v) is 4.19. The quantitative estimate of drug-likeness (QED) is 0.0871. The molecule has 0 saturated carbocycles. The van der Waals surface area contributed by atoms with Gasteiger partial charge in [0.05, 0.1) is 19.4 Å². The number of nitrogens with zero attached hydrogens (tertiary/aromatic N) is 2. The van der Waals surface area contributed by atoms with Crippen molar-refractivity contribution in [3.8, 4) is 11.5 Å². The van der Waals surface area contributed by atoms with Crippen molar-refractivity contribution in [3.63, 3.8) is 0 Å². The van der Waals surface area contributed by atoms with E-state index >= 15 is 0 Å². The number of rotatable bonds is 13. The topological polar surface area (TPSA) is 59.8 Å². The molecule has 192 valence electrons. The van der Waals surface area contributed by atoms with Gasteiger partial charge in [-0.2, -0.15) is 5.10 Å². The van der Waals surface area contributed by atoms with E-state index in [1.54, 1.807) is 6.21 Å². The molecule has 0 unspecified atom stereocenters. The molecule has 0 aliphatic carbocycles. The highest BCUT2D eigenvalue weighted by molar-refractivity contribution is 7.80. The minimum atomic E-state index is 0.437. The molecule has 1 heterocycles. The van der Waals surface area contributed by atoms with Gasteiger partial charge in [-0.1, -0.05) is 62.6 Å². The van der Waals surface area contributed by atoms with Crippen molar-refractivity contribution in [1.82, 2.24) is 9.99 Å². The van der Waals surface area contributed by atoms with E-state index in [0.29, 0.717) is 18.3 Å². The lowest BCUT2D eigenvalue weighted by molar-refractivity contribution is 0.294. The van der Waals surface area contributed by atoms with Crippen molar-refractivity contribution in [3.05, 3.63) is 90.6 Å². The Balaban J connectivity index is 1.29. The van der Waals surface area contributed by atoms with Crippen LogP contribution < -0.4 is 20.2 Å². The molecule has 0 aliphatic rings. The van der Waals surface area contributed by atoms with E-state index in [-0.39, 0.29) is 0 Å². The van der Waals surface area contributed by atoms with Gasteiger partial charge in [-0.3, -0.25) is 5.43 Å². The molecular weight excluding hydrogens is 480 g/mol. The van der Waals surface area contributed by atoms with Crippen LogP contribution in [-0.2, 0) is 6.54 Å². The molecule has 0 radical (unpaired) electrons. The summed E-state index contributed by atoms with van der Waals surface area (Å²) in [6.45, 7) is 4.24. The highest BCUT2D eigenvalue weighted by Gasteiger charge is 2.07. The molecule has 0 saturated heterocycles. The second kappa shape index (κ2) is 14.0. The van der Waals surface area contributed by atoms with Crippen LogP contribution in [-0.4, -0.2) is 29.1 Å². The van der Waals surface area contributed by atoms with Crippen LogP contribution in [0.15, 0.2) is 90.2 Å². The second-order valence-electron chi connectivity index (χ2n) is 8.71. The van der Waals surface area contributed by atoms with E-state index in [4.69, 9.17) is 21.7 Å². The third-order valence-corrected chi connectivity index (χ3v) is 6.11. The largest absolute Gasteiger partial charge is 0.494 e. The number of aromatic nitrogens is 1. The van der Waals surface area contributed by atoms with Gasteiger partial charge in [0.1, 0.15) is 18.1 Å². The standard InChI is InChI=1S/C30H34N4O2S/c1-2-3-4-10-20-35-26-15-17-27(18-16-26)36-21-19-34-23-24(28-13-8-9-14-29(28)34)22-31-33-30(37)32-25-11-6-5-7-12-25/h5-9,11-18,22-23H,2-4,10,19-21H2,1H3,(H2,32,33,37)/b31-22-. The molecule has 7 heteroatoms. The summed E-state index contributed by atoms with van der Waals surface area (Å²) >= 11 is 5.33. The maximum Gasteiger partial charge on any atom is 0.191 e. The van der Waals surface area contributed by atoms with E-state index in [2.05, 4.69) is 45.7 Å². The lowest BCUT2D eigenvalue weighted by atomic mass is 10.2. The highest BCUT2D eigenvalue weighted by Crippen LogP contribution is 2.21. The Morgan fingerprint density at radius 2 is 1.57 bits per heavy atom. The van der Waals surface area contributed by atoms with Gasteiger partial charge in [0.2, 0.25) is 0 Å².